The summed E-state index contributed by atoms with van der Waals surface area (Å²) in [5, 5.41) is 0. The Morgan fingerprint density at radius 3 is 2.79 bits per heavy atom. The van der Waals surface area contributed by atoms with E-state index in [0.717, 1.165) is 49.4 Å². The molecule has 1 aromatic carbocycles. The lowest BCUT2D eigenvalue weighted by Gasteiger charge is -2.32. The van der Waals surface area contributed by atoms with E-state index in [1.165, 1.54) is 12.1 Å². The molecule has 1 amide bonds. The lowest BCUT2D eigenvalue weighted by Crippen LogP contribution is -2.40. The number of aromatic nitrogens is 3. The molecule has 6 heteroatoms. The van der Waals surface area contributed by atoms with Crippen LogP contribution in [0.15, 0.2) is 55.0 Å². The van der Waals surface area contributed by atoms with Crippen molar-refractivity contribution in [1.29, 1.82) is 0 Å². The van der Waals surface area contributed by atoms with Crippen molar-refractivity contribution in [1.82, 2.24) is 19.4 Å². The lowest BCUT2D eigenvalue weighted by atomic mass is 9.94. The van der Waals surface area contributed by atoms with Gasteiger partial charge in [-0.3, -0.25) is 9.78 Å². The first-order chi connectivity index (χ1) is 14.1. The number of piperidine rings is 1. The highest BCUT2D eigenvalue weighted by molar-refractivity contribution is 5.93. The Morgan fingerprint density at radius 1 is 1.21 bits per heavy atom. The van der Waals surface area contributed by atoms with Crippen molar-refractivity contribution < 1.29 is 9.18 Å². The van der Waals surface area contributed by atoms with Gasteiger partial charge < -0.3 is 9.47 Å². The maximum atomic E-state index is 13.2. The number of likely N-dealkylation sites (tertiary alicyclic amines) is 1. The second-order valence-electron chi connectivity index (χ2n) is 7.73. The molecular weight excluding hydrogens is 367 g/mol. The van der Waals surface area contributed by atoms with Crippen LogP contribution in [0.25, 0.3) is 0 Å². The third-order valence-electron chi connectivity index (χ3n) is 5.58. The van der Waals surface area contributed by atoms with E-state index in [2.05, 4.69) is 14.5 Å². The number of hydrogen-bond acceptors (Lipinski definition) is 3. The molecule has 0 bridgehead atoms. The molecule has 0 N–H and O–H groups in total. The molecule has 5 nitrogen and oxygen atoms in total. The van der Waals surface area contributed by atoms with Gasteiger partial charge in [0, 0.05) is 50.3 Å². The molecule has 4 rings (SSSR count). The molecule has 1 atom stereocenters. The highest BCUT2D eigenvalue weighted by Gasteiger charge is 2.26. The van der Waals surface area contributed by atoms with Crippen molar-refractivity contribution in [3.05, 3.63) is 83.5 Å². The Balaban J connectivity index is 1.45. The second kappa shape index (κ2) is 8.55. The summed E-state index contributed by atoms with van der Waals surface area (Å²) in [5.74, 6) is 1.22. The Labute approximate surface area is 170 Å². The van der Waals surface area contributed by atoms with E-state index in [1.54, 1.807) is 18.5 Å². The number of imidazole rings is 1. The predicted octanol–water partition coefficient (Wildman–Crippen LogP) is 3.87. The molecule has 3 aromatic rings. The SMILES string of the molecule is Cc1cnc(CC2CCCN(C(=O)c3cccnc3)C2)n1Cc1ccc(F)cc1. The van der Waals surface area contributed by atoms with Gasteiger partial charge in [-0.05, 0) is 55.5 Å². The average molecular weight is 392 g/mol. The zero-order chi connectivity index (χ0) is 20.2. The van der Waals surface area contributed by atoms with E-state index >= 15 is 0 Å². The standard InChI is InChI=1S/C23H25FN4O/c1-17-13-26-22(28(17)16-18-6-8-21(24)9-7-18)12-19-4-3-11-27(15-19)23(29)20-5-2-10-25-14-20/h2,5-10,13-14,19H,3-4,11-12,15-16H2,1H3. The largest absolute Gasteiger partial charge is 0.338 e. The lowest BCUT2D eigenvalue weighted by molar-refractivity contribution is 0.0671. The summed E-state index contributed by atoms with van der Waals surface area (Å²) in [7, 11) is 0. The highest BCUT2D eigenvalue weighted by Crippen LogP contribution is 2.23. The molecule has 3 heterocycles. The fourth-order valence-electron chi connectivity index (χ4n) is 4.01. The molecule has 1 unspecified atom stereocenters. The van der Waals surface area contributed by atoms with E-state index < -0.39 is 0 Å². The van der Waals surface area contributed by atoms with E-state index in [-0.39, 0.29) is 11.7 Å². The van der Waals surface area contributed by atoms with E-state index in [4.69, 9.17) is 0 Å². The van der Waals surface area contributed by atoms with Gasteiger partial charge in [-0.1, -0.05) is 12.1 Å². The molecule has 1 aliphatic heterocycles. The summed E-state index contributed by atoms with van der Waals surface area (Å²) in [6.07, 6.45) is 8.10. The van der Waals surface area contributed by atoms with Gasteiger partial charge in [0.15, 0.2) is 0 Å². The van der Waals surface area contributed by atoms with Crippen LogP contribution < -0.4 is 0 Å². The van der Waals surface area contributed by atoms with Crippen molar-refractivity contribution in [2.45, 2.75) is 32.7 Å². The van der Waals surface area contributed by atoms with Crippen LogP contribution in [0.3, 0.4) is 0 Å². The average Bonchev–Trinajstić information content (AvgIpc) is 3.09. The summed E-state index contributed by atoms with van der Waals surface area (Å²) in [6, 6.07) is 10.2. The fourth-order valence-corrected chi connectivity index (χ4v) is 4.01. The van der Waals surface area contributed by atoms with Crippen LogP contribution in [0.4, 0.5) is 4.39 Å². The number of nitrogens with zero attached hydrogens (tertiary/aromatic N) is 4. The Hall–Kier alpha value is -3.02. The van der Waals surface area contributed by atoms with Gasteiger partial charge in [-0.2, -0.15) is 0 Å². The fraction of sp³-hybridized carbons (Fsp3) is 0.348. The number of hydrogen-bond donors (Lipinski definition) is 0. The summed E-state index contributed by atoms with van der Waals surface area (Å²) >= 11 is 0. The van der Waals surface area contributed by atoms with Crippen molar-refractivity contribution >= 4 is 5.91 Å². The molecule has 0 spiro atoms. The first-order valence-corrected chi connectivity index (χ1v) is 10.0. The smallest absolute Gasteiger partial charge is 0.255 e. The van der Waals surface area contributed by atoms with Crippen LogP contribution in [-0.2, 0) is 13.0 Å². The molecule has 150 valence electrons. The van der Waals surface area contributed by atoms with Crippen LogP contribution in [0.2, 0.25) is 0 Å². The summed E-state index contributed by atoms with van der Waals surface area (Å²) < 4.78 is 15.4. The van der Waals surface area contributed by atoms with Gasteiger partial charge in [0.2, 0.25) is 0 Å². The Bertz CT molecular complexity index is 968. The molecule has 1 fully saturated rings. The normalized spacial score (nSPS) is 16.8. The summed E-state index contributed by atoms with van der Waals surface area (Å²) in [4.78, 5) is 23.4. The topological polar surface area (TPSA) is 51.0 Å². The number of pyridine rings is 1. The molecule has 0 aliphatic carbocycles. The first kappa shape index (κ1) is 19.3. The van der Waals surface area contributed by atoms with Gasteiger partial charge in [0.05, 0.1) is 5.56 Å². The number of carbonyl (C=O) groups excluding carboxylic acids is 1. The molecule has 29 heavy (non-hydrogen) atoms. The molecular formula is C23H25FN4O. The van der Waals surface area contributed by atoms with Crippen LogP contribution >= 0.6 is 0 Å². The highest BCUT2D eigenvalue weighted by atomic mass is 19.1. The van der Waals surface area contributed by atoms with Crippen molar-refractivity contribution in [2.75, 3.05) is 13.1 Å². The zero-order valence-corrected chi connectivity index (χ0v) is 16.6. The third-order valence-corrected chi connectivity index (χ3v) is 5.58. The van der Waals surface area contributed by atoms with Crippen LogP contribution in [-0.4, -0.2) is 38.4 Å². The Morgan fingerprint density at radius 2 is 2.03 bits per heavy atom. The second-order valence-corrected chi connectivity index (χ2v) is 7.73. The van der Waals surface area contributed by atoms with Crippen molar-refractivity contribution in [3.8, 4) is 0 Å². The minimum atomic E-state index is -0.225. The van der Waals surface area contributed by atoms with E-state index in [1.807, 2.05) is 36.2 Å². The van der Waals surface area contributed by atoms with Crippen LogP contribution in [0, 0.1) is 18.7 Å². The number of halogens is 1. The van der Waals surface area contributed by atoms with E-state index in [9.17, 15) is 9.18 Å². The molecule has 2 aromatic heterocycles. The molecule has 0 saturated carbocycles. The summed E-state index contributed by atoms with van der Waals surface area (Å²) in [6.45, 7) is 4.23. The number of carbonyl (C=O) groups is 1. The monoisotopic (exact) mass is 392 g/mol. The van der Waals surface area contributed by atoms with Gasteiger partial charge in [0.1, 0.15) is 11.6 Å². The quantitative estimate of drug-likeness (QED) is 0.662. The number of amides is 1. The van der Waals surface area contributed by atoms with Gasteiger partial charge in [-0.25, -0.2) is 9.37 Å². The summed E-state index contributed by atoms with van der Waals surface area (Å²) in [5.41, 5.74) is 2.77. The molecule has 1 aliphatic rings. The van der Waals surface area contributed by atoms with Crippen molar-refractivity contribution in [3.63, 3.8) is 0 Å². The molecule has 1 saturated heterocycles. The maximum Gasteiger partial charge on any atom is 0.255 e. The maximum absolute atomic E-state index is 13.2. The number of benzene rings is 1. The Kier molecular flexibility index (Phi) is 5.69. The third kappa shape index (κ3) is 4.53. The van der Waals surface area contributed by atoms with Gasteiger partial charge >= 0.3 is 0 Å². The minimum absolute atomic E-state index is 0.0497. The predicted molar refractivity (Wildman–Crippen MR) is 109 cm³/mol. The van der Waals surface area contributed by atoms with Crippen LogP contribution in [0.5, 0.6) is 0 Å². The van der Waals surface area contributed by atoms with Gasteiger partial charge in [-0.15, -0.1) is 0 Å². The number of aryl methyl sites for hydroxylation is 1. The zero-order valence-electron chi connectivity index (χ0n) is 16.6. The van der Waals surface area contributed by atoms with Crippen LogP contribution in [0.1, 0.15) is 40.3 Å². The minimum Gasteiger partial charge on any atom is -0.338 e. The van der Waals surface area contributed by atoms with E-state index in [0.29, 0.717) is 18.0 Å². The number of rotatable bonds is 5. The van der Waals surface area contributed by atoms with Crippen molar-refractivity contribution in [2.24, 2.45) is 5.92 Å². The molecule has 0 radical (unpaired) electrons. The van der Waals surface area contributed by atoms with Gasteiger partial charge in [0.25, 0.3) is 5.91 Å². The first-order valence-electron chi connectivity index (χ1n) is 10.0.